The number of nitrogens with two attached hydrogens (primary N) is 1. The van der Waals surface area contributed by atoms with Gasteiger partial charge in [-0.2, -0.15) is 5.10 Å². The molecule has 1 aliphatic rings. The molecule has 2 aromatic carbocycles. The summed E-state index contributed by atoms with van der Waals surface area (Å²) in [5.41, 5.74) is 4.95. The fourth-order valence-electron chi connectivity index (χ4n) is 4.27. The lowest BCUT2D eigenvalue weighted by atomic mass is 10.1. The lowest BCUT2D eigenvalue weighted by Gasteiger charge is -2.26. The third kappa shape index (κ3) is 5.22. The van der Waals surface area contributed by atoms with Crippen LogP contribution >= 0.6 is 0 Å². The molecular formula is C23H20F5N5O5. The van der Waals surface area contributed by atoms with E-state index in [0.717, 1.165) is 28.8 Å². The Kier molecular flexibility index (Phi) is 7.22. The summed E-state index contributed by atoms with van der Waals surface area (Å²) in [5.74, 6) is -5.48. The summed E-state index contributed by atoms with van der Waals surface area (Å²) in [5, 5.41) is 6.51. The molecule has 4 rings (SSSR count). The van der Waals surface area contributed by atoms with Gasteiger partial charge in [0.1, 0.15) is 24.9 Å². The Balaban J connectivity index is 1.60. The van der Waals surface area contributed by atoms with Gasteiger partial charge in [-0.1, -0.05) is 24.3 Å². The number of alkyl halides is 4. The van der Waals surface area contributed by atoms with E-state index in [1.807, 2.05) is 0 Å². The molecule has 3 amide bonds. The highest BCUT2D eigenvalue weighted by Crippen LogP contribution is 2.31. The van der Waals surface area contributed by atoms with E-state index < -0.39 is 72.7 Å². The van der Waals surface area contributed by atoms with Gasteiger partial charge in [0.15, 0.2) is 17.3 Å². The number of benzene rings is 2. The first-order valence-electron chi connectivity index (χ1n) is 11.0. The molecular weight excluding hydrogens is 521 g/mol. The normalized spacial score (nSPS) is 19.5. The zero-order valence-electron chi connectivity index (χ0n) is 19.5. The number of para-hydroxylation sites is 1. The van der Waals surface area contributed by atoms with Crippen LogP contribution in [0.1, 0.15) is 10.5 Å². The topological polar surface area (TPSA) is 129 Å². The molecule has 15 heteroatoms. The molecule has 0 radical (unpaired) electrons. The molecule has 3 N–H and O–H groups in total. The second-order valence-electron chi connectivity index (χ2n) is 8.25. The minimum atomic E-state index is -5.19. The zero-order chi connectivity index (χ0) is 27.8. The van der Waals surface area contributed by atoms with Gasteiger partial charge in [-0.15, -0.1) is 13.2 Å². The van der Waals surface area contributed by atoms with Gasteiger partial charge in [-0.05, 0) is 18.2 Å². The summed E-state index contributed by atoms with van der Waals surface area (Å²) in [6.45, 7) is -1.10. The summed E-state index contributed by atoms with van der Waals surface area (Å²) >= 11 is 0. The van der Waals surface area contributed by atoms with Crippen LogP contribution in [0.4, 0.5) is 27.6 Å². The Morgan fingerprint density at radius 2 is 1.87 bits per heavy atom. The van der Waals surface area contributed by atoms with E-state index in [1.165, 1.54) is 0 Å². The third-order valence-electron chi connectivity index (χ3n) is 5.86. The van der Waals surface area contributed by atoms with Crippen molar-refractivity contribution in [3.05, 3.63) is 54.0 Å². The molecule has 0 saturated carbocycles. The van der Waals surface area contributed by atoms with Crippen molar-refractivity contribution in [1.29, 1.82) is 0 Å². The van der Waals surface area contributed by atoms with Crippen LogP contribution in [0, 0.1) is 5.82 Å². The number of nitrogens with zero attached hydrogens (tertiary/aromatic N) is 3. The van der Waals surface area contributed by atoms with Gasteiger partial charge in [-0.3, -0.25) is 19.1 Å². The Labute approximate surface area is 211 Å². The maximum atomic E-state index is 14.8. The van der Waals surface area contributed by atoms with E-state index in [1.54, 1.807) is 24.3 Å². The van der Waals surface area contributed by atoms with Crippen molar-refractivity contribution in [2.75, 3.05) is 19.0 Å². The van der Waals surface area contributed by atoms with E-state index in [9.17, 15) is 36.3 Å². The fraction of sp³-hybridized carbons (Fsp3) is 0.304. The van der Waals surface area contributed by atoms with Crippen LogP contribution in [-0.2, 0) is 20.9 Å². The number of fused-ring (bicyclic) bond motifs is 1. The average molecular weight is 541 g/mol. The van der Waals surface area contributed by atoms with Crippen LogP contribution in [0.5, 0.6) is 5.75 Å². The Morgan fingerprint density at radius 1 is 1.16 bits per heavy atom. The monoisotopic (exact) mass is 541 g/mol. The quantitative estimate of drug-likeness (QED) is 0.442. The minimum absolute atomic E-state index is 0.0984. The highest BCUT2D eigenvalue weighted by Gasteiger charge is 2.49. The Morgan fingerprint density at radius 3 is 2.53 bits per heavy atom. The molecule has 1 fully saturated rings. The second kappa shape index (κ2) is 10.2. The number of likely N-dealkylation sites (tertiary alicyclic amines) is 1. The predicted molar refractivity (Wildman–Crippen MR) is 121 cm³/mol. The van der Waals surface area contributed by atoms with Gasteiger partial charge < -0.3 is 25.4 Å². The van der Waals surface area contributed by atoms with Gasteiger partial charge >= 0.3 is 6.36 Å². The molecule has 0 bridgehead atoms. The van der Waals surface area contributed by atoms with Crippen LogP contribution in [-0.4, -0.2) is 70.7 Å². The number of carbonyl (C=O) groups is 3. The van der Waals surface area contributed by atoms with Crippen molar-refractivity contribution in [2.45, 2.75) is 31.2 Å². The van der Waals surface area contributed by atoms with Crippen molar-refractivity contribution in [2.24, 2.45) is 5.73 Å². The highest BCUT2D eigenvalue weighted by atomic mass is 19.4. The largest absolute Gasteiger partial charge is 0.573 e. The number of methoxy groups -OCH3 is 1. The summed E-state index contributed by atoms with van der Waals surface area (Å²) < 4.78 is 76.9. The lowest BCUT2D eigenvalue weighted by molar-refractivity contribution is -0.275. The number of ether oxygens (including phenoxy) is 2. The van der Waals surface area contributed by atoms with Crippen LogP contribution in [0.15, 0.2) is 42.5 Å². The molecule has 1 aromatic heterocycles. The number of nitrogens with one attached hydrogen (secondary N) is 1. The zero-order valence-corrected chi connectivity index (χ0v) is 19.5. The van der Waals surface area contributed by atoms with Gasteiger partial charge in [-0.25, -0.2) is 8.78 Å². The van der Waals surface area contributed by atoms with Crippen LogP contribution in [0.3, 0.4) is 0 Å². The van der Waals surface area contributed by atoms with Gasteiger partial charge in [0, 0.05) is 12.5 Å². The number of hydrogen-bond acceptors (Lipinski definition) is 6. The van der Waals surface area contributed by atoms with E-state index in [4.69, 9.17) is 10.5 Å². The molecule has 3 atom stereocenters. The lowest BCUT2D eigenvalue weighted by Crippen LogP contribution is -2.49. The molecule has 10 nitrogen and oxygen atoms in total. The number of rotatable bonds is 7. The molecule has 1 aliphatic heterocycles. The van der Waals surface area contributed by atoms with Crippen LogP contribution in [0.2, 0.25) is 0 Å². The number of anilines is 1. The first-order valence-corrected chi connectivity index (χ1v) is 11.0. The molecule has 0 spiro atoms. The minimum Gasteiger partial charge on any atom is -0.403 e. The average Bonchev–Trinajstić information content (AvgIpc) is 3.38. The van der Waals surface area contributed by atoms with Crippen LogP contribution < -0.4 is 15.8 Å². The van der Waals surface area contributed by atoms with E-state index in [-0.39, 0.29) is 5.69 Å². The van der Waals surface area contributed by atoms with Gasteiger partial charge in [0.2, 0.25) is 11.8 Å². The number of hydrogen-bond donors (Lipinski definition) is 2. The van der Waals surface area contributed by atoms with Gasteiger partial charge in [0.05, 0.1) is 17.7 Å². The van der Waals surface area contributed by atoms with Crippen molar-refractivity contribution in [1.82, 2.24) is 14.7 Å². The number of aromatic nitrogens is 2. The molecule has 3 aromatic rings. The van der Waals surface area contributed by atoms with Crippen LogP contribution in [0.25, 0.3) is 10.9 Å². The fourth-order valence-corrected chi connectivity index (χ4v) is 4.27. The Hall–Kier alpha value is -4.27. The first-order chi connectivity index (χ1) is 17.9. The summed E-state index contributed by atoms with van der Waals surface area (Å²) in [6.07, 6.45) is -8.47. The molecule has 0 unspecified atom stereocenters. The summed E-state index contributed by atoms with van der Waals surface area (Å²) in [6, 6.07) is 7.46. The number of amides is 3. The molecule has 2 heterocycles. The highest BCUT2D eigenvalue weighted by molar-refractivity contribution is 6.04. The molecule has 1 saturated heterocycles. The van der Waals surface area contributed by atoms with Crippen molar-refractivity contribution >= 4 is 34.3 Å². The number of carbonyl (C=O) groups excluding carboxylic acids is 3. The Bertz CT molecular complexity index is 1390. The summed E-state index contributed by atoms with van der Waals surface area (Å²) in [4.78, 5) is 38.9. The number of halogens is 5. The first kappa shape index (κ1) is 26.8. The maximum absolute atomic E-state index is 14.8. The maximum Gasteiger partial charge on any atom is 0.573 e. The number of primary amides is 1. The summed E-state index contributed by atoms with van der Waals surface area (Å²) in [7, 11) is 1.10. The standard InChI is InChI=1S/C23H20F5N5O5/c1-37-20-12(24)9-32(16(34)10-33-14-7-3-2-5-11(14)18(31-33)21(29)35)19(20)22(36)30-13-6-4-8-15(17(13)25)38-23(26,27)28/h2-8,12,19-20H,9-10H2,1H3,(H2,29,35)(H,30,36)/t12-,19-,20+/m0/s1. The van der Waals surface area contributed by atoms with Gasteiger partial charge in [0.25, 0.3) is 5.91 Å². The molecule has 38 heavy (non-hydrogen) atoms. The smallest absolute Gasteiger partial charge is 0.403 e. The predicted octanol–water partition coefficient (Wildman–Crippen LogP) is 2.38. The third-order valence-corrected chi connectivity index (χ3v) is 5.86. The molecule has 202 valence electrons. The van der Waals surface area contributed by atoms with Crippen molar-refractivity contribution < 1.29 is 45.8 Å². The van der Waals surface area contributed by atoms with Crippen molar-refractivity contribution in [3.63, 3.8) is 0 Å². The van der Waals surface area contributed by atoms with E-state index >= 15 is 0 Å². The molecule has 0 aliphatic carbocycles. The van der Waals surface area contributed by atoms with E-state index in [0.29, 0.717) is 17.0 Å². The SMILES string of the molecule is CO[C@H]1[C@@H](C(=O)Nc2cccc(OC(F)(F)F)c2F)N(C(=O)Cn2nc(C(N)=O)c3ccccc32)C[C@@H]1F. The van der Waals surface area contributed by atoms with E-state index in [2.05, 4.69) is 15.2 Å². The second-order valence-corrected chi connectivity index (χ2v) is 8.25. The van der Waals surface area contributed by atoms with Crippen molar-refractivity contribution in [3.8, 4) is 5.75 Å².